The molecular weight excluding hydrogens is 366 g/mol. The van der Waals surface area contributed by atoms with E-state index in [1.165, 1.54) is 0 Å². The van der Waals surface area contributed by atoms with E-state index in [1.807, 2.05) is 35.0 Å². The van der Waals surface area contributed by atoms with Gasteiger partial charge in [-0.3, -0.25) is 14.6 Å². The van der Waals surface area contributed by atoms with E-state index in [0.717, 1.165) is 24.1 Å². The summed E-state index contributed by atoms with van der Waals surface area (Å²) in [4.78, 5) is 35.3. The molecule has 1 aliphatic rings. The summed E-state index contributed by atoms with van der Waals surface area (Å²) < 4.78 is 1.93. The van der Waals surface area contributed by atoms with Crippen molar-refractivity contribution >= 4 is 11.8 Å². The van der Waals surface area contributed by atoms with E-state index in [9.17, 15) is 9.59 Å². The van der Waals surface area contributed by atoms with Crippen LogP contribution in [0.15, 0.2) is 67.5 Å². The summed E-state index contributed by atoms with van der Waals surface area (Å²) in [6.07, 6.45) is 10.2. The average Bonchev–Trinajstić information content (AvgIpc) is 3.32. The quantitative estimate of drug-likeness (QED) is 0.727. The Hall–Kier alpha value is -3.48. The SMILES string of the molecule is O=C(NCc1ccccc1-n1ccnc1)C1CCCN(C(=O)c2ccncc2)C1. The first-order chi connectivity index (χ1) is 14.2. The molecule has 1 atom stereocenters. The summed E-state index contributed by atoms with van der Waals surface area (Å²) in [6, 6.07) is 11.3. The lowest BCUT2D eigenvalue weighted by molar-refractivity contribution is -0.126. The van der Waals surface area contributed by atoms with Crippen LogP contribution in [0.5, 0.6) is 0 Å². The number of piperidine rings is 1. The fraction of sp³-hybridized carbons (Fsp3) is 0.273. The number of benzene rings is 1. The lowest BCUT2D eigenvalue weighted by atomic mass is 9.96. The highest BCUT2D eigenvalue weighted by molar-refractivity contribution is 5.94. The first kappa shape index (κ1) is 18.9. The van der Waals surface area contributed by atoms with Crippen molar-refractivity contribution in [1.29, 1.82) is 0 Å². The second-order valence-corrected chi connectivity index (χ2v) is 7.14. The van der Waals surface area contributed by atoms with E-state index in [0.29, 0.717) is 25.2 Å². The zero-order valence-corrected chi connectivity index (χ0v) is 16.1. The van der Waals surface area contributed by atoms with Crippen molar-refractivity contribution < 1.29 is 9.59 Å². The number of pyridine rings is 1. The first-order valence-electron chi connectivity index (χ1n) is 9.75. The molecule has 7 heteroatoms. The number of hydrogen-bond acceptors (Lipinski definition) is 4. The van der Waals surface area contributed by atoms with E-state index < -0.39 is 0 Å². The summed E-state index contributed by atoms with van der Waals surface area (Å²) >= 11 is 0. The van der Waals surface area contributed by atoms with Gasteiger partial charge in [0, 0.05) is 50.0 Å². The number of para-hydroxylation sites is 1. The van der Waals surface area contributed by atoms with E-state index >= 15 is 0 Å². The molecule has 4 rings (SSSR count). The first-order valence-corrected chi connectivity index (χ1v) is 9.75. The van der Waals surface area contributed by atoms with Gasteiger partial charge in [-0.15, -0.1) is 0 Å². The number of nitrogens with one attached hydrogen (secondary N) is 1. The fourth-order valence-electron chi connectivity index (χ4n) is 3.69. The lowest BCUT2D eigenvalue weighted by Crippen LogP contribution is -2.45. The number of amides is 2. The largest absolute Gasteiger partial charge is 0.352 e. The molecule has 1 N–H and O–H groups in total. The predicted molar refractivity (Wildman–Crippen MR) is 108 cm³/mol. The van der Waals surface area contributed by atoms with Crippen molar-refractivity contribution in [3.63, 3.8) is 0 Å². The van der Waals surface area contributed by atoms with Crippen molar-refractivity contribution in [2.24, 2.45) is 5.92 Å². The van der Waals surface area contributed by atoms with E-state index in [2.05, 4.69) is 15.3 Å². The van der Waals surface area contributed by atoms with E-state index in [4.69, 9.17) is 0 Å². The van der Waals surface area contributed by atoms with Crippen LogP contribution in [0.2, 0.25) is 0 Å². The third-order valence-electron chi connectivity index (χ3n) is 5.23. The highest BCUT2D eigenvalue weighted by Crippen LogP contribution is 2.20. The number of nitrogens with zero attached hydrogens (tertiary/aromatic N) is 4. The molecule has 148 valence electrons. The maximum atomic E-state index is 12.8. The number of aromatic nitrogens is 3. The average molecular weight is 389 g/mol. The predicted octanol–water partition coefficient (Wildman–Crippen LogP) is 2.44. The molecule has 3 heterocycles. The van der Waals surface area contributed by atoms with Gasteiger partial charge in [0.1, 0.15) is 0 Å². The maximum Gasteiger partial charge on any atom is 0.253 e. The van der Waals surface area contributed by atoms with Gasteiger partial charge in [-0.2, -0.15) is 0 Å². The molecule has 0 spiro atoms. The monoisotopic (exact) mass is 389 g/mol. The second-order valence-electron chi connectivity index (χ2n) is 7.14. The number of carbonyl (C=O) groups is 2. The molecule has 0 saturated carbocycles. The number of carbonyl (C=O) groups excluding carboxylic acids is 2. The Morgan fingerprint density at radius 2 is 1.90 bits per heavy atom. The molecule has 1 fully saturated rings. The summed E-state index contributed by atoms with van der Waals surface area (Å²) in [6.45, 7) is 1.55. The van der Waals surface area contributed by atoms with E-state index in [1.54, 1.807) is 42.0 Å². The van der Waals surface area contributed by atoms with Crippen LogP contribution in [0.4, 0.5) is 0 Å². The minimum Gasteiger partial charge on any atom is -0.352 e. The highest BCUT2D eigenvalue weighted by atomic mass is 16.2. The lowest BCUT2D eigenvalue weighted by Gasteiger charge is -2.32. The Morgan fingerprint density at radius 3 is 2.69 bits per heavy atom. The van der Waals surface area contributed by atoms with Crippen LogP contribution in [0.3, 0.4) is 0 Å². The van der Waals surface area contributed by atoms with Crippen LogP contribution in [0.1, 0.15) is 28.8 Å². The molecule has 1 aliphatic heterocycles. The van der Waals surface area contributed by atoms with Gasteiger partial charge >= 0.3 is 0 Å². The summed E-state index contributed by atoms with van der Waals surface area (Å²) in [7, 11) is 0. The van der Waals surface area contributed by atoms with E-state index in [-0.39, 0.29) is 17.7 Å². The molecule has 2 amide bonds. The highest BCUT2D eigenvalue weighted by Gasteiger charge is 2.28. The maximum absolute atomic E-state index is 12.8. The van der Waals surface area contributed by atoms with Crippen molar-refractivity contribution in [2.45, 2.75) is 19.4 Å². The molecule has 2 aromatic heterocycles. The Balaban J connectivity index is 1.39. The fourth-order valence-corrected chi connectivity index (χ4v) is 3.69. The molecule has 1 unspecified atom stereocenters. The third-order valence-corrected chi connectivity index (χ3v) is 5.23. The number of likely N-dealkylation sites (tertiary alicyclic amines) is 1. The topological polar surface area (TPSA) is 80.1 Å². The Kier molecular flexibility index (Phi) is 5.65. The minimum atomic E-state index is -0.199. The van der Waals surface area contributed by atoms with Crippen LogP contribution in [-0.2, 0) is 11.3 Å². The zero-order valence-electron chi connectivity index (χ0n) is 16.1. The molecule has 0 bridgehead atoms. The molecule has 7 nitrogen and oxygen atoms in total. The summed E-state index contributed by atoms with van der Waals surface area (Å²) in [5.41, 5.74) is 2.61. The standard InChI is InChI=1S/C22H23N5O2/c28-21(25-14-18-4-1-2-6-20(18)27-13-11-24-16-27)19-5-3-12-26(15-19)22(29)17-7-9-23-10-8-17/h1-2,4,6-11,13,16,19H,3,5,12,14-15H2,(H,25,28). The van der Waals surface area contributed by atoms with Gasteiger partial charge in [0.25, 0.3) is 5.91 Å². The Labute approximate surface area is 169 Å². The third kappa shape index (κ3) is 4.34. The minimum absolute atomic E-state index is 0.0161. The Morgan fingerprint density at radius 1 is 1.07 bits per heavy atom. The zero-order chi connectivity index (χ0) is 20.1. The number of rotatable bonds is 5. The second kappa shape index (κ2) is 8.68. The molecule has 1 saturated heterocycles. The van der Waals surface area contributed by atoms with Gasteiger partial charge in [-0.25, -0.2) is 4.98 Å². The van der Waals surface area contributed by atoms with Gasteiger partial charge in [-0.1, -0.05) is 18.2 Å². The molecule has 1 aromatic carbocycles. The number of hydrogen-bond donors (Lipinski definition) is 1. The molecular formula is C22H23N5O2. The smallest absolute Gasteiger partial charge is 0.253 e. The molecule has 3 aromatic rings. The number of imidazole rings is 1. The van der Waals surface area contributed by atoms with Crippen molar-refractivity contribution in [3.05, 3.63) is 78.6 Å². The van der Waals surface area contributed by atoms with Crippen molar-refractivity contribution in [1.82, 2.24) is 24.8 Å². The Bertz CT molecular complexity index is 972. The van der Waals surface area contributed by atoms with Crippen molar-refractivity contribution in [2.75, 3.05) is 13.1 Å². The summed E-state index contributed by atoms with van der Waals surface area (Å²) in [5, 5.41) is 3.05. The van der Waals surface area contributed by atoms with Crippen LogP contribution < -0.4 is 5.32 Å². The molecule has 0 radical (unpaired) electrons. The van der Waals surface area contributed by atoms with Gasteiger partial charge in [0.15, 0.2) is 0 Å². The van der Waals surface area contributed by atoms with Gasteiger partial charge in [-0.05, 0) is 36.6 Å². The van der Waals surface area contributed by atoms with Gasteiger partial charge < -0.3 is 14.8 Å². The van der Waals surface area contributed by atoms with Crippen molar-refractivity contribution in [3.8, 4) is 5.69 Å². The summed E-state index contributed by atoms with van der Waals surface area (Å²) in [5.74, 6) is -0.261. The molecule has 0 aliphatic carbocycles. The van der Waals surface area contributed by atoms with Crippen LogP contribution >= 0.6 is 0 Å². The normalized spacial score (nSPS) is 16.4. The van der Waals surface area contributed by atoms with Crippen LogP contribution in [-0.4, -0.2) is 44.3 Å². The molecule has 29 heavy (non-hydrogen) atoms. The van der Waals surface area contributed by atoms with Crippen LogP contribution in [0.25, 0.3) is 5.69 Å². The van der Waals surface area contributed by atoms with Crippen LogP contribution in [0, 0.1) is 5.92 Å². The van der Waals surface area contributed by atoms with Gasteiger partial charge in [0.05, 0.1) is 17.9 Å². The van der Waals surface area contributed by atoms with Gasteiger partial charge in [0.2, 0.25) is 5.91 Å².